The lowest BCUT2D eigenvalue weighted by atomic mass is 10.1. The van der Waals surface area contributed by atoms with E-state index >= 15 is 0 Å². The highest BCUT2D eigenvalue weighted by atomic mass is 19.1. The molecule has 1 aromatic rings. The number of benzene rings is 1. The first-order valence-electron chi connectivity index (χ1n) is 8.42. The molecule has 6 nitrogen and oxygen atoms in total. The fourth-order valence-corrected chi connectivity index (χ4v) is 2.78. The van der Waals surface area contributed by atoms with E-state index in [2.05, 4.69) is 10.2 Å². The van der Waals surface area contributed by atoms with Gasteiger partial charge in [0, 0.05) is 38.3 Å². The van der Waals surface area contributed by atoms with Crippen LogP contribution in [0.25, 0.3) is 0 Å². The molecule has 138 valence electrons. The van der Waals surface area contributed by atoms with E-state index in [1.54, 1.807) is 12.1 Å². The summed E-state index contributed by atoms with van der Waals surface area (Å²) in [5.41, 5.74) is 0.264. The van der Waals surface area contributed by atoms with Crippen LogP contribution in [0.4, 0.5) is 10.1 Å². The summed E-state index contributed by atoms with van der Waals surface area (Å²) >= 11 is 0. The zero-order valence-corrected chi connectivity index (χ0v) is 15.0. The lowest BCUT2D eigenvalue weighted by Gasteiger charge is -2.34. The summed E-state index contributed by atoms with van der Waals surface area (Å²) in [6, 6.07) is 4.98. The first-order chi connectivity index (χ1) is 11.8. The second kappa shape index (κ2) is 8.40. The number of ether oxygens (including phenoxy) is 1. The molecule has 0 bridgehead atoms. The SMILES string of the molecule is CC(C)(C)OC(=O)CN1CCN(Cc2cccc(NC=O)c2F)CC1. The fourth-order valence-electron chi connectivity index (χ4n) is 2.78. The summed E-state index contributed by atoms with van der Waals surface area (Å²) < 4.78 is 19.6. The minimum Gasteiger partial charge on any atom is -0.459 e. The minimum atomic E-state index is -0.475. The highest BCUT2D eigenvalue weighted by Crippen LogP contribution is 2.19. The summed E-state index contributed by atoms with van der Waals surface area (Å²) in [6.45, 7) is 9.25. The Labute approximate surface area is 147 Å². The Bertz CT molecular complexity index is 608. The van der Waals surface area contributed by atoms with Gasteiger partial charge in [0.05, 0.1) is 12.2 Å². The maximum absolute atomic E-state index is 14.3. The van der Waals surface area contributed by atoms with E-state index in [-0.39, 0.29) is 18.2 Å². The van der Waals surface area contributed by atoms with Gasteiger partial charge in [-0.15, -0.1) is 0 Å². The van der Waals surface area contributed by atoms with Gasteiger partial charge in [-0.1, -0.05) is 12.1 Å². The van der Waals surface area contributed by atoms with Crippen LogP contribution in [-0.4, -0.2) is 60.5 Å². The van der Waals surface area contributed by atoms with Crippen molar-refractivity contribution in [2.45, 2.75) is 32.9 Å². The predicted molar refractivity (Wildman–Crippen MR) is 93.6 cm³/mol. The molecule has 1 aliphatic rings. The summed E-state index contributed by atoms with van der Waals surface area (Å²) in [4.78, 5) is 26.6. The number of carbonyl (C=O) groups excluding carboxylic acids is 2. The Hall–Kier alpha value is -1.99. The van der Waals surface area contributed by atoms with Gasteiger partial charge in [-0.25, -0.2) is 4.39 Å². The lowest BCUT2D eigenvalue weighted by Crippen LogP contribution is -2.48. The number of piperazine rings is 1. The van der Waals surface area contributed by atoms with Gasteiger partial charge in [-0.05, 0) is 26.8 Å². The number of halogens is 1. The topological polar surface area (TPSA) is 61.9 Å². The van der Waals surface area contributed by atoms with Crippen LogP contribution < -0.4 is 5.32 Å². The molecule has 2 rings (SSSR count). The van der Waals surface area contributed by atoms with Gasteiger partial charge < -0.3 is 10.1 Å². The number of amides is 1. The van der Waals surface area contributed by atoms with E-state index in [9.17, 15) is 14.0 Å². The molecule has 1 fully saturated rings. The normalized spacial score (nSPS) is 16.5. The van der Waals surface area contributed by atoms with Crippen molar-refractivity contribution in [2.75, 3.05) is 38.0 Å². The molecule has 0 spiro atoms. The van der Waals surface area contributed by atoms with Crippen LogP contribution in [0.5, 0.6) is 0 Å². The van der Waals surface area contributed by atoms with E-state index in [1.165, 1.54) is 6.07 Å². The van der Waals surface area contributed by atoms with E-state index in [4.69, 9.17) is 4.74 Å². The number of hydrogen-bond acceptors (Lipinski definition) is 5. The maximum atomic E-state index is 14.3. The summed E-state index contributed by atoms with van der Waals surface area (Å²) in [5, 5.41) is 2.37. The van der Waals surface area contributed by atoms with E-state index < -0.39 is 11.4 Å². The monoisotopic (exact) mass is 351 g/mol. The number of anilines is 1. The van der Waals surface area contributed by atoms with E-state index in [0.29, 0.717) is 18.5 Å². The molecule has 1 aromatic carbocycles. The van der Waals surface area contributed by atoms with Crippen molar-refractivity contribution in [3.05, 3.63) is 29.6 Å². The molecule has 1 heterocycles. The first-order valence-corrected chi connectivity index (χ1v) is 8.42. The van der Waals surface area contributed by atoms with Crippen molar-refractivity contribution in [2.24, 2.45) is 0 Å². The average Bonchev–Trinajstić information content (AvgIpc) is 2.51. The van der Waals surface area contributed by atoms with E-state index in [0.717, 1.165) is 26.2 Å². The van der Waals surface area contributed by atoms with Crippen LogP contribution in [0.2, 0.25) is 0 Å². The van der Waals surface area contributed by atoms with Crippen molar-refractivity contribution in [3.63, 3.8) is 0 Å². The molecule has 0 atom stereocenters. The number of rotatable bonds is 6. The number of hydrogen-bond donors (Lipinski definition) is 1. The third-order valence-corrected chi connectivity index (χ3v) is 3.92. The molecule has 0 saturated carbocycles. The summed E-state index contributed by atoms with van der Waals surface area (Å²) in [7, 11) is 0. The summed E-state index contributed by atoms with van der Waals surface area (Å²) in [5.74, 6) is -0.620. The van der Waals surface area contributed by atoms with Gasteiger partial charge in [-0.3, -0.25) is 19.4 Å². The number of nitrogens with zero attached hydrogens (tertiary/aromatic N) is 2. The highest BCUT2D eigenvalue weighted by Gasteiger charge is 2.23. The molecule has 25 heavy (non-hydrogen) atoms. The third-order valence-electron chi connectivity index (χ3n) is 3.92. The first kappa shape index (κ1) is 19.3. The molecule has 1 saturated heterocycles. The van der Waals surface area contributed by atoms with Gasteiger partial charge in [0.15, 0.2) is 5.82 Å². The average molecular weight is 351 g/mol. The smallest absolute Gasteiger partial charge is 0.320 e. The van der Waals surface area contributed by atoms with Gasteiger partial charge in [0.2, 0.25) is 6.41 Å². The molecule has 1 N–H and O–H groups in total. The van der Waals surface area contributed by atoms with Crippen LogP contribution in [0.3, 0.4) is 0 Å². The van der Waals surface area contributed by atoms with Crippen LogP contribution in [-0.2, 0) is 20.9 Å². The predicted octanol–water partition coefficient (Wildman–Crippen LogP) is 1.85. The number of esters is 1. The standard InChI is InChI=1S/C18H26FN3O3/c1-18(2,3)25-16(24)12-22-9-7-21(8-10-22)11-14-5-4-6-15(17(14)19)20-13-23/h4-6,13H,7-12H2,1-3H3,(H,20,23). The number of nitrogens with one attached hydrogen (secondary N) is 1. The Morgan fingerprint density at radius 1 is 1.24 bits per heavy atom. The van der Waals surface area contributed by atoms with Crippen molar-refractivity contribution < 1.29 is 18.7 Å². The summed E-state index contributed by atoms with van der Waals surface area (Å²) in [6.07, 6.45) is 0.470. The highest BCUT2D eigenvalue weighted by molar-refractivity contribution is 5.72. The Kier molecular flexibility index (Phi) is 6.50. The van der Waals surface area contributed by atoms with Gasteiger partial charge in [0.1, 0.15) is 5.60 Å². The zero-order valence-electron chi connectivity index (χ0n) is 15.0. The van der Waals surface area contributed by atoms with Crippen LogP contribution in [0.1, 0.15) is 26.3 Å². The quantitative estimate of drug-likeness (QED) is 0.626. The minimum absolute atomic E-state index is 0.191. The van der Waals surface area contributed by atoms with Crippen LogP contribution >= 0.6 is 0 Å². The van der Waals surface area contributed by atoms with Crippen LogP contribution in [0.15, 0.2) is 18.2 Å². The Balaban J connectivity index is 1.84. The lowest BCUT2D eigenvalue weighted by molar-refractivity contribution is -0.156. The van der Waals surface area contributed by atoms with Crippen molar-refractivity contribution in [1.82, 2.24) is 9.80 Å². The molecule has 1 aliphatic heterocycles. The molecule has 0 radical (unpaired) electrons. The fraction of sp³-hybridized carbons (Fsp3) is 0.556. The Morgan fingerprint density at radius 2 is 1.88 bits per heavy atom. The second-order valence-electron chi connectivity index (χ2n) is 7.18. The van der Waals surface area contributed by atoms with Crippen molar-refractivity contribution in [3.8, 4) is 0 Å². The molecule has 1 amide bonds. The second-order valence-corrected chi connectivity index (χ2v) is 7.18. The third kappa shape index (κ3) is 6.10. The molecular formula is C18H26FN3O3. The molecule has 0 aromatic heterocycles. The Morgan fingerprint density at radius 3 is 2.48 bits per heavy atom. The van der Waals surface area contributed by atoms with Crippen molar-refractivity contribution >= 4 is 18.1 Å². The maximum Gasteiger partial charge on any atom is 0.320 e. The van der Waals surface area contributed by atoms with E-state index in [1.807, 2.05) is 25.7 Å². The molecule has 0 aliphatic carbocycles. The zero-order chi connectivity index (χ0) is 18.4. The van der Waals surface area contributed by atoms with Crippen LogP contribution in [0, 0.1) is 5.82 Å². The van der Waals surface area contributed by atoms with Gasteiger partial charge in [-0.2, -0.15) is 0 Å². The largest absolute Gasteiger partial charge is 0.459 e. The van der Waals surface area contributed by atoms with Crippen molar-refractivity contribution in [1.29, 1.82) is 0 Å². The van der Waals surface area contributed by atoms with Gasteiger partial charge in [0.25, 0.3) is 0 Å². The molecular weight excluding hydrogens is 325 g/mol. The molecule has 0 unspecified atom stereocenters. The number of carbonyl (C=O) groups is 2. The van der Waals surface area contributed by atoms with Gasteiger partial charge >= 0.3 is 5.97 Å². The molecule has 7 heteroatoms.